The molecule has 11 nitrogen and oxygen atoms in total. The Bertz CT molecular complexity index is 1830. The molecule has 5 aliphatic carbocycles. The first kappa shape index (κ1) is 34.4. The molecule has 1 unspecified atom stereocenters. The second-order valence-corrected chi connectivity index (χ2v) is 16.8. The molecule has 0 amide bonds. The van der Waals surface area contributed by atoms with E-state index in [-0.39, 0.29) is 47.8 Å². The van der Waals surface area contributed by atoms with Crippen molar-refractivity contribution in [3.63, 3.8) is 0 Å². The van der Waals surface area contributed by atoms with Gasteiger partial charge in [0, 0.05) is 75.5 Å². The van der Waals surface area contributed by atoms with Gasteiger partial charge in [-0.2, -0.15) is 0 Å². The molecule has 0 aromatic heterocycles. The highest BCUT2D eigenvalue weighted by atomic mass is 32.2. The molecule has 1 aliphatic heterocycles. The van der Waals surface area contributed by atoms with E-state index in [9.17, 15) is 32.2 Å². The Hall–Kier alpha value is -2.72. The first-order chi connectivity index (χ1) is 23.8. The van der Waals surface area contributed by atoms with E-state index in [0.29, 0.717) is 44.8 Å². The number of para-hydroxylation sites is 1. The fourth-order valence-corrected chi connectivity index (χ4v) is 13.4. The van der Waals surface area contributed by atoms with Gasteiger partial charge in [0.1, 0.15) is 33.3 Å². The van der Waals surface area contributed by atoms with Crippen molar-refractivity contribution in [3.8, 4) is 0 Å². The van der Waals surface area contributed by atoms with Gasteiger partial charge in [0.05, 0.1) is 29.6 Å². The van der Waals surface area contributed by atoms with Crippen molar-refractivity contribution in [2.75, 3.05) is 39.1 Å². The zero-order valence-corrected chi connectivity index (χ0v) is 29.3. The van der Waals surface area contributed by atoms with E-state index in [1.54, 1.807) is 27.4 Å². The van der Waals surface area contributed by atoms with Crippen molar-refractivity contribution in [2.45, 2.75) is 85.1 Å². The van der Waals surface area contributed by atoms with Gasteiger partial charge in [-0.1, -0.05) is 19.1 Å². The lowest BCUT2D eigenvalue weighted by Gasteiger charge is -2.70. The summed E-state index contributed by atoms with van der Waals surface area (Å²) in [5, 5.41) is 25.8. The highest BCUT2D eigenvalue weighted by Crippen LogP contribution is 2.79. The van der Waals surface area contributed by atoms with Crippen LogP contribution in [0.4, 0.5) is 14.5 Å². The first-order valence-corrected chi connectivity index (χ1v) is 18.8. The van der Waals surface area contributed by atoms with Gasteiger partial charge in [0.15, 0.2) is 0 Å². The molecular formula is C36H44F2N2O9S. The number of nitrogens with zero attached hydrogens (tertiary/aromatic N) is 1. The number of methoxy groups -OCH3 is 3. The monoisotopic (exact) mass is 718 g/mol. The van der Waals surface area contributed by atoms with Crippen LogP contribution < -0.4 is 4.72 Å². The molecule has 1 saturated heterocycles. The average Bonchev–Trinajstić information content (AvgIpc) is 3.50. The third kappa shape index (κ3) is 4.15. The van der Waals surface area contributed by atoms with E-state index in [1.165, 1.54) is 18.2 Å². The summed E-state index contributed by atoms with van der Waals surface area (Å²) in [6.07, 6.45) is 1.000. The quantitative estimate of drug-likeness (QED) is 0.331. The maximum absolute atomic E-state index is 14.6. The second-order valence-electron chi connectivity index (χ2n) is 15.2. The van der Waals surface area contributed by atoms with Gasteiger partial charge in [-0.15, -0.1) is 0 Å². The molecule has 272 valence electrons. The lowest BCUT2D eigenvalue weighted by Crippen LogP contribution is -2.83. The van der Waals surface area contributed by atoms with Crippen LogP contribution in [0.15, 0.2) is 47.4 Å². The van der Waals surface area contributed by atoms with Crippen LogP contribution in [0.5, 0.6) is 0 Å². The molecule has 2 aromatic rings. The van der Waals surface area contributed by atoms with Crippen LogP contribution in [0, 0.1) is 40.7 Å². The molecule has 7 bridgehead atoms. The highest BCUT2D eigenvalue weighted by Gasteiger charge is 2.89. The zero-order valence-electron chi connectivity index (χ0n) is 28.5. The zero-order chi connectivity index (χ0) is 35.6. The van der Waals surface area contributed by atoms with Crippen molar-refractivity contribution in [1.29, 1.82) is 0 Å². The molecule has 6 fully saturated rings. The number of sulfonamides is 1. The molecule has 1 heterocycles. The topological polar surface area (TPSA) is 144 Å². The minimum Gasteiger partial charge on any atom is -0.454 e. The van der Waals surface area contributed by atoms with E-state index in [0.717, 1.165) is 12.1 Å². The number of fused-ring (bicyclic) bond motifs is 2. The van der Waals surface area contributed by atoms with Crippen molar-refractivity contribution in [3.05, 3.63) is 59.7 Å². The fourth-order valence-electron chi connectivity index (χ4n) is 12.3. The van der Waals surface area contributed by atoms with Crippen LogP contribution in [0.1, 0.15) is 49.4 Å². The number of likely N-dealkylation sites (N-methyl/N-ethyl adjacent to an activating group) is 1. The number of carbonyl (C=O) groups excluding carboxylic acids is 1. The number of carbonyl (C=O) groups is 1. The lowest BCUT2D eigenvalue weighted by atomic mass is 9.44. The van der Waals surface area contributed by atoms with Gasteiger partial charge < -0.3 is 29.2 Å². The molecule has 1 spiro atoms. The summed E-state index contributed by atoms with van der Waals surface area (Å²) in [5.74, 6) is -4.27. The summed E-state index contributed by atoms with van der Waals surface area (Å²) in [4.78, 5) is 15.9. The largest absolute Gasteiger partial charge is 0.454 e. The van der Waals surface area contributed by atoms with E-state index >= 15 is 0 Å². The van der Waals surface area contributed by atoms with E-state index < -0.39 is 72.7 Å². The van der Waals surface area contributed by atoms with E-state index in [2.05, 4.69) is 9.62 Å². The summed E-state index contributed by atoms with van der Waals surface area (Å²) in [5.41, 5.74) is -5.07. The molecule has 3 N–H and O–H groups in total. The predicted molar refractivity (Wildman–Crippen MR) is 175 cm³/mol. The van der Waals surface area contributed by atoms with Gasteiger partial charge in [-0.3, -0.25) is 9.62 Å². The van der Waals surface area contributed by atoms with Gasteiger partial charge in [-0.25, -0.2) is 22.0 Å². The van der Waals surface area contributed by atoms with Crippen molar-refractivity contribution in [1.82, 2.24) is 4.90 Å². The fraction of sp³-hybridized carbons (Fsp3) is 0.639. The van der Waals surface area contributed by atoms with Crippen LogP contribution in [0.3, 0.4) is 0 Å². The number of rotatable bonds is 9. The minimum atomic E-state index is -4.56. The SMILES string of the molecule is CCN1C[C@]2(OC(=O)c3ccccc3NS(=O)(=O)c3ccc(F)cc3F)CC[C@H](OC)[C@]34C1[C@H](C[C@H]23)[C@@]1(O)C[C@H](OC)[C@H]2C[C@@H]4[C@]1(O)[C@H]2OC. The maximum Gasteiger partial charge on any atom is 0.340 e. The minimum absolute atomic E-state index is 0.0699. The normalized spacial score (nSPS) is 42.7. The Morgan fingerprint density at radius 1 is 1.04 bits per heavy atom. The number of hydrogen-bond acceptors (Lipinski definition) is 10. The number of nitrogens with one attached hydrogen (secondary N) is 1. The van der Waals surface area contributed by atoms with Gasteiger partial charge in [0.2, 0.25) is 0 Å². The van der Waals surface area contributed by atoms with Crippen LogP contribution in [0.25, 0.3) is 0 Å². The van der Waals surface area contributed by atoms with Crippen LogP contribution in [-0.4, -0.2) is 105 Å². The number of benzene rings is 2. The molecule has 14 heteroatoms. The highest BCUT2D eigenvalue weighted by molar-refractivity contribution is 7.92. The van der Waals surface area contributed by atoms with Crippen molar-refractivity contribution < 1.29 is 51.2 Å². The van der Waals surface area contributed by atoms with Crippen LogP contribution in [-0.2, 0) is 29.0 Å². The molecule has 2 aromatic carbocycles. The Kier molecular flexibility index (Phi) is 7.83. The van der Waals surface area contributed by atoms with Crippen LogP contribution in [0.2, 0.25) is 0 Å². The third-order valence-corrected chi connectivity index (χ3v) is 15.2. The first-order valence-electron chi connectivity index (χ1n) is 17.3. The molecule has 8 rings (SSSR count). The molecule has 12 atom stereocenters. The summed E-state index contributed by atoms with van der Waals surface area (Å²) in [6.45, 7) is 3.02. The number of esters is 1. The standard InChI is InChI=1S/C36H44F2N2O9S/c1-5-40-18-33(49-32(41)20-8-6-7-9-24(20)39-50(44,45)26-11-10-19(37)14-23(26)38)13-12-29(47-3)35-27(33)16-22(30(35)40)34(42)17-25(46-2)21-15-28(35)36(34,43)31(21)48-4/h6-11,14,21-22,25,27-31,39,42-43H,5,12-13,15-18H2,1-4H3/t21-,22+,25+,27-,28+,29+,30?,31+,33-,34+,35+,36+/m1/s1. The smallest absolute Gasteiger partial charge is 0.340 e. The van der Waals surface area contributed by atoms with Gasteiger partial charge in [0.25, 0.3) is 10.0 Å². The average molecular weight is 719 g/mol. The summed E-state index contributed by atoms with van der Waals surface area (Å²) in [6, 6.07) is 7.92. The van der Waals surface area contributed by atoms with E-state index in [4.69, 9.17) is 18.9 Å². The Labute approximate surface area is 290 Å². The number of aliphatic hydroxyl groups is 2. The summed E-state index contributed by atoms with van der Waals surface area (Å²) < 4.78 is 81.9. The summed E-state index contributed by atoms with van der Waals surface area (Å²) >= 11 is 0. The Morgan fingerprint density at radius 3 is 2.48 bits per heavy atom. The maximum atomic E-state index is 14.6. The number of piperidine rings is 1. The number of anilines is 1. The Balaban J connectivity index is 1.20. The number of likely N-dealkylation sites (tertiary alicyclic amines) is 1. The lowest BCUT2D eigenvalue weighted by molar-refractivity contribution is -0.337. The second kappa shape index (κ2) is 11.4. The van der Waals surface area contributed by atoms with Gasteiger partial charge in [-0.05, 0) is 56.5 Å². The molecule has 5 saturated carbocycles. The number of hydrogen-bond donors (Lipinski definition) is 3. The predicted octanol–water partition coefficient (Wildman–Crippen LogP) is 3.34. The van der Waals surface area contributed by atoms with Crippen molar-refractivity contribution in [2.24, 2.45) is 29.1 Å². The Morgan fingerprint density at radius 2 is 1.80 bits per heavy atom. The number of halogens is 2. The van der Waals surface area contributed by atoms with Crippen molar-refractivity contribution >= 4 is 21.7 Å². The molecule has 0 radical (unpaired) electrons. The summed E-state index contributed by atoms with van der Waals surface area (Å²) in [7, 11) is 0.331. The van der Waals surface area contributed by atoms with E-state index in [1.807, 2.05) is 6.92 Å². The number of ether oxygens (including phenoxy) is 4. The molecular weight excluding hydrogens is 674 g/mol. The van der Waals surface area contributed by atoms with Crippen LogP contribution >= 0.6 is 0 Å². The molecule has 6 aliphatic rings. The van der Waals surface area contributed by atoms with Gasteiger partial charge >= 0.3 is 5.97 Å². The third-order valence-electron chi connectivity index (χ3n) is 13.8. The molecule has 50 heavy (non-hydrogen) atoms.